The van der Waals surface area contributed by atoms with Gasteiger partial charge in [0, 0.05) is 5.69 Å². The number of hydrogen-bond donors (Lipinski definition) is 2. The standard InChI is InChI=1S/C16H13FN4O3S2/c17-11-6-8-13(9-7-11)26(23,24)18-10-14-20-21-16(25-14)15(22)19-12-4-2-1-3-5-12/h1-9,18H,10H2,(H,19,22). The lowest BCUT2D eigenvalue weighted by molar-refractivity contribution is 0.102. The average molecular weight is 392 g/mol. The van der Waals surface area contributed by atoms with Gasteiger partial charge in [-0.1, -0.05) is 29.5 Å². The molecule has 0 aliphatic carbocycles. The number of halogens is 1. The molecule has 3 rings (SSSR count). The SMILES string of the molecule is O=C(Nc1ccccc1)c1nnc(CNS(=O)(=O)c2ccc(F)cc2)s1. The Kier molecular flexibility index (Phi) is 5.35. The molecule has 10 heteroatoms. The van der Waals surface area contributed by atoms with E-state index in [9.17, 15) is 17.6 Å². The molecule has 0 spiro atoms. The molecule has 0 aliphatic heterocycles. The van der Waals surface area contributed by atoms with Gasteiger partial charge < -0.3 is 5.32 Å². The summed E-state index contributed by atoms with van der Waals surface area (Å²) in [5.41, 5.74) is 0.617. The number of hydrogen-bond acceptors (Lipinski definition) is 6. The van der Waals surface area contributed by atoms with Crippen molar-refractivity contribution in [2.24, 2.45) is 0 Å². The van der Waals surface area contributed by atoms with E-state index in [4.69, 9.17) is 0 Å². The van der Waals surface area contributed by atoms with Crippen molar-refractivity contribution in [3.8, 4) is 0 Å². The van der Waals surface area contributed by atoms with Crippen LogP contribution in [0.15, 0.2) is 59.5 Å². The molecule has 0 aliphatic rings. The van der Waals surface area contributed by atoms with Gasteiger partial charge in [0.1, 0.15) is 10.8 Å². The second kappa shape index (κ2) is 7.68. The summed E-state index contributed by atoms with van der Waals surface area (Å²) in [7, 11) is -3.81. The molecule has 3 aromatic rings. The number of para-hydroxylation sites is 1. The van der Waals surface area contributed by atoms with Gasteiger partial charge in [-0.3, -0.25) is 4.79 Å². The van der Waals surface area contributed by atoms with Crippen LogP contribution in [-0.2, 0) is 16.6 Å². The van der Waals surface area contributed by atoms with Gasteiger partial charge in [-0.05, 0) is 36.4 Å². The fraction of sp³-hybridized carbons (Fsp3) is 0.0625. The van der Waals surface area contributed by atoms with Crippen LogP contribution in [0.3, 0.4) is 0 Å². The number of carbonyl (C=O) groups is 1. The van der Waals surface area contributed by atoms with Crippen LogP contribution in [0.5, 0.6) is 0 Å². The third kappa shape index (κ3) is 4.48. The van der Waals surface area contributed by atoms with Crippen molar-refractivity contribution in [3.05, 3.63) is 70.4 Å². The molecular weight excluding hydrogens is 379 g/mol. The number of rotatable bonds is 6. The lowest BCUT2D eigenvalue weighted by Crippen LogP contribution is -2.23. The van der Waals surface area contributed by atoms with Gasteiger partial charge in [-0.15, -0.1) is 10.2 Å². The van der Waals surface area contributed by atoms with Crippen molar-refractivity contribution in [2.45, 2.75) is 11.4 Å². The van der Waals surface area contributed by atoms with E-state index < -0.39 is 21.7 Å². The van der Waals surface area contributed by atoms with Crippen LogP contribution < -0.4 is 10.0 Å². The van der Waals surface area contributed by atoms with E-state index >= 15 is 0 Å². The lowest BCUT2D eigenvalue weighted by atomic mass is 10.3. The fourth-order valence-electron chi connectivity index (χ4n) is 1.98. The minimum absolute atomic E-state index is 0.0644. The number of anilines is 1. The third-order valence-electron chi connectivity index (χ3n) is 3.23. The van der Waals surface area contributed by atoms with E-state index in [1.54, 1.807) is 24.3 Å². The number of benzene rings is 2. The summed E-state index contributed by atoms with van der Waals surface area (Å²) in [6, 6.07) is 13.3. The third-order valence-corrected chi connectivity index (χ3v) is 5.57. The highest BCUT2D eigenvalue weighted by atomic mass is 32.2. The Morgan fingerprint density at radius 2 is 1.73 bits per heavy atom. The van der Waals surface area contributed by atoms with E-state index in [1.165, 1.54) is 0 Å². The number of sulfonamides is 1. The Hall–Kier alpha value is -2.69. The topological polar surface area (TPSA) is 101 Å². The number of aromatic nitrogens is 2. The van der Waals surface area contributed by atoms with Crippen molar-refractivity contribution < 1.29 is 17.6 Å². The van der Waals surface area contributed by atoms with Crippen molar-refractivity contribution in [3.63, 3.8) is 0 Å². The van der Waals surface area contributed by atoms with Crippen LogP contribution in [0.25, 0.3) is 0 Å². The number of carbonyl (C=O) groups excluding carboxylic acids is 1. The molecule has 0 saturated heterocycles. The largest absolute Gasteiger partial charge is 0.320 e. The second-order valence-corrected chi connectivity index (χ2v) is 7.93. The zero-order valence-electron chi connectivity index (χ0n) is 13.2. The predicted molar refractivity (Wildman–Crippen MR) is 94.7 cm³/mol. The van der Waals surface area contributed by atoms with Crippen molar-refractivity contribution >= 4 is 33.0 Å². The Balaban J connectivity index is 1.63. The molecule has 1 aromatic heterocycles. The van der Waals surface area contributed by atoms with Gasteiger partial charge in [-0.2, -0.15) is 0 Å². The summed E-state index contributed by atoms with van der Waals surface area (Å²) in [6.07, 6.45) is 0. The highest BCUT2D eigenvalue weighted by Crippen LogP contribution is 2.15. The monoisotopic (exact) mass is 392 g/mol. The summed E-state index contributed by atoms with van der Waals surface area (Å²) < 4.78 is 39.5. The van der Waals surface area contributed by atoms with Crippen LogP contribution in [0.2, 0.25) is 0 Å². The highest BCUT2D eigenvalue weighted by Gasteiger charge is 2.17. The maximum absolute atomic E-state index is 12.9. The number of nitrogens with one attached hydrogen (secondary N) is 2. The van der Waals surface area contributed by atoms with E-state index in [0.717, 1.165) is 35.6 Å². The van der Waals surface area contributed by atoms with E-state index in [1.807, 2.05) is 6.07 Å². The van der Waals surface area contributed by atoms with Gasteiger partial charge in [-0.25, -0.2) is 17.5 Å². The van der Waals surface area contributed by atoms with E-state index in [2.05, 4.69) is 20.2 Å². The van der Waals surface area contributed by atoms with Gasteiger partial charge in [0.25, 0.3) is 5.91 Å². The normalized spacial score (nSPS) is 11.3. The quantitative estimate of drug-likeness (QED) is 0.671. The lowest BCUT2D eigenvalue weighted by Gasteiger charge is -2.04. The summed E-state index contributed by atoms with van der Waals surface area (Å²) in [4.78, 5) is 12.0. The van der Waals surface area contributed by atoms with Crippen LogP contribution in [-0.4, -0.2) is 24.5 Å². The molecule has 1 heterocycles. The molecule has 0 radical (unpaired) electrons. The molecule has 0 fully saturated rings. The molecule has 134 valence electrons. The molecule has 2 N–H and O–H groups in total. The molecular formula is C16H13FN4O3S2. The summed E-state index contributed by atoms with van der Waals surface area (Å²) in [6.45, 7) is -0.129. The average Bonchev–Trinajstić information content (AvgIpc) is 3.11. The molecule has 0 unspecified atom stereocenters. The van der Waals surface area contributed by atoms with Gasteiger partial charge >= 0.3 is 0 Å². The predicted octanol–water partition coefficient (Wildman–Crippen LogP) is 2.41. The molecule has 2 aromatic carbocycles. The first-order valence-corrected chi connectivity index (χ1v) is 9.68. The molecule has 7 nitrogen and oxygen atoms in total. The van der Waals surface area contributed by atoms with Gasteiger partial charge in [0.15, 0.2) is 0 Å². The summed E-state index contributed by atoms with van der Waals surface area (Å²) in [5, 5.41) is 10.7. The Bertz CT molecular complexity index is 1010. The molecule has 26 heavy (non-hydrogen) atoms. The highest BCUT2D eigenvalue weighted by molar-refractivity contribution is 7.89. The first kappa shape index (κ1) is 18.1. The first-order chi connectivity index (χ1) is 12.4. The van der Waals surface area contributed by atoms with Gasteiger partial charge in [0.2, 0.25) is 15.0 Å². The molecule has 1 amide bonds. The van der Waals surface area contributed by atoms with Crippen LogP contribution in [0.1, 0.15) is 14.8 Å². The molecule has 0 atom stereocenters. The van der Waals surface area contributed by atoms with Gasteiger partial charge in [0.05, 0.1) is 11.4 Å². The van der Waals surface area contributed by atoms with Crippen molar-refractivity contribution in [2.75, 3.05) is 5.32 Å². The minimum Gasteiger partial charge on any atom is -0.320 e. The zero-order chi connectivity index (χ0) is 18.6. The number of amides is 1. The van der Waals surface area contributed by atoms with Crippen LogP contribution >= 0.6 is 11.3 Å². The summed E-state index contributed by atoms with van der Waals surface area (Å²) >= 11 is 0.977. The number of nitrogens with zero attached hydrogens (tertiary/aromatic N) is 2. The minimum atomic E-state index is -3.81. The Morgan fingerprint density at radius 3 is 2.42 bits per heavy atom. The maximum atomic E-state index is 12.9. The first-order valence-electron chi connectivity index (χ1n) is 7.38. The molecule has 0 bridgehead atoms. The Morgan fingerprint density at radius 1 is 1.04 bits per heavy atom. The smallest absolute Gasteiger partial charge is 0.286 e. The van der Waals surface area contributed by atoms with Crippen molar-refractivity contribution in [1.29, 1.82) is 0 Å². The van der Waals surface area contributed by atoms with E-state index in [0.29, 0.717) is 10.7 Å². The second-order valence-electron chi connectivity index (χ2n) is 5.10. The van der Waals surface area contributed by atoms with Crippen molar-refractivity contribution in [1.82, 2.24) is 14.9 Å². The maximum Gasteiger partial charge on any atom is 0.286 e. The van der Waals surface area contributed by atoms with E-state index in [-0.39, 0.29) is 16.4 Å². The zero-order valence-corrected chi connectivity index (χ0v) is 14.8. The molecule has 0 saturated carbocycles. The van der Waals surface area contributed by atoms with Crippen LogP contribution in [0, 0.1) is 5.82 Å². The van der Waals surface area contributed by atoms with Crippen LogP contribution in [0.4, 0.5) is 10.1 Å². The Labute approximate surface area is 153 Å². The summed E-state index contributed by atoms with van der Waals surface area (Å²) in [5.74, 6) is -0.955. The fourth-order valence-corrected chi connectivity index (χ4v) is 3.73.